The van der Waals surface area contributed by atoms with E-state index < -0.39 is 5.72 Å². The van der Waals surface area contributed by atoms with Gasteiger partial charge in [-0.1, -0.05) is 29.4 Å². The molecule has 0 aliphatic carbocycles. The van der Waals surface area contributed by atoms with Gasteiger partial charge in [0, 0.05) is 24.4 Å². The zero-order valence-electron chi connectivity index (χ0n) is 20.7. The number of nitrogens with one attached hydrogen (secondary N) is 1. The third kappa shape index (κ3) is 6.36. The number of hydrogen-bond donors (Lipinski definition) is 2. The fraction of sp³-hybridized carbons (Fsp3) is 0.310. The molecule has 1 unspecified atom stereocenters. The number of rotatable bonds is 7. The van der Waals surface area contributed by atoms with Crippen LogP contribution in [-0.2, 0) is 11.3 Å². The van der Waals surface area contributed by atoms with Gasteiger partial charge < -0.3 is 14.7 Å². The van der Waals surface area contributed by atoms with Gasteiger partial charge in [-0.05, 0) is 91.4 Å². The van der Waals surface area contributed by atoms with Crippen LogP contribution in [0.15, 0.2) is 77.7 Å². The first-order valence-electron chi connectivity index (χ1n) is 12.1. The Morgan fingerprint density at radius 1 is 1.14 bits per heavy atom. The van der Waals surface area contributed by atoms with Gasteiger partial charge in [0.05, 0.1) is 19.4 Å². The van der Waals surface area contributed by atoms with Crippen molar-refractivity contribution in [3.8, 4) is 16.9 Å². The van der Waals surface area contributed by atoms with Crippen LogP contribution in [0.1, 0.15) is 37.3 Å². The standard InChI is InChI=1S/C29H32FN3O3/c1-21-25(18-23-7-10-27(28(19-23)35-2)24-12-16-31-17-13-24)4-3-15-32-29(20-34,36-33-21)14-11-22-5-8-26(30)9-6-22/h5-10,12-13,16-19,32,34H,3-4,11,14-15,20H2,1-2H3/b25-18+,33-21+. The maximum Gasteiger partial charge on any atom is 0.212 e. The fourth-order valence-electron chi connectivity index (χ4n) is 4.26. The van der Waals surface area contributed by atoms with Crippen LogP contribution < -0.4 is 10.1 Å². The summed E-state index contributed by atoms with van der Waals surface area (Å²) < 4.78 is 18.9. The van der Waals surface area contributed by atoms with E-state index in [1.54, 1.807) is 31.6 Å². The molecule has 0 fully saturated rings. The van der Waals surface area contributed by atoms with Gasteiger partial charge in [-0.25, -0.2) is 4.39 Å². The van der Waals surface area contributed by atoms with Crippen LogP contribution in [0, 0.1) is 5.82 Å². The molecule has 3 aromatic rings. The Kier molecular flexibility index (Phi) is 8.46. The lowest BCUT2D eigenvalue weighted by Crippen LogP contribution is -2.50. The summed E-state index contributed by atoms with van der Waals surface area (Å²) >= 11 is 0. The summed E-state index contributed by atoms with van der Waals surface area (Å²) in [6.07, 6.45) is 8.41. The lowest BCUT2D eigenvalue weighted by molar-refractivity contribution is -0.106. The van der Waals surface area contributed by atoms with E-state index in [4.69, 9.17) is 9.57 Å². The quantitative estimate of drug-likeness (QED) is 0.466. The van der Waals surface area contributed by atoms with Crippen molar-refractivity contribution in [3.05, 3.63) is 89.5 Å². The van der Waals surface area contributed by atoms with Gasteiger partial charge in [0.15, 0.2) is 0 Å². The number of aryl methyl sites for hydroxylation is 1. The Morgan fingerprint density at radius 3 is 2.64 bits per heavy atom. The predicted octanol–water partition coefficient (Wildman–Crippen LogP) is 5.38. The topological polar surface area (TPSA) is 76.0 Å². The van der Waals surface area contributed by atoms with Gasteiger partial charge in [0.2, 0.25) is 5.72 Å². The molecule has 36 heavy (non-hydrogen) atoms. The normalized spacial score (nSPS) is 21.0. The van der Waals surface area contributed by atoms with E-state index in [9.17, 15) is 9.50 Å². The number of hydrogen-bond acceptors (Lipinski definition) is 6. The summed E-state index contributed by atoms with van der Waals surface area (Å²) in [5, 5.41) is 17.9. The SMILES string of the molecule is COc1cc(/C=C2CCCNC(CO)(CCc3ccc(F)cc3)O\N=C\2C)ccc1-c1ccncc1. The summed E-state index contributed by atoms with van der Waals surface area (Å²) in [6, 6.07) is 16.4. The largest absolute Gasteiger partial charge is 0.496 e. The molecule has 1 atom stereocenters. The number of pyridine rings is 1. The number of allylic oxidation sites excluding steroid dienone is 1. The molecule has 1 aliphatic rings. The first kappa shape index (κ1) is 25.5. The average Bonchev–Trinajstić information content (AvgIpc) is 2.99. The van der Waals surface area contributed by atoms with Gasteiger partial charge in [-0.2, -0.15) is 0 Å². The van der Waals surface area contributed by atoms with Gasteiger partial charge in [-0.15, -0.1) is 0 Å². The van der Waals surface area contributed by atoms with Crippen LogP contribution in [0.4, 0.5) is 4.39 Å². The number of methoxy groups -OCH3 is 1. The summed E-state index contributed by atoms with van der Waals surface area (Å²) in [5.74, 6) is 0.517. The van der Waals surface area contributed by atoms with Crippen molar-refractivity contribution < 1.29 is 19.1 Å². The number of halogens is 1. The summed E-state index contributed by atoms with van der Waals surface area (Å²) in [5.41, 5.74) is 4.84. The molecule has 1 aromatic heterocycles. The van der Waals surface area contributed by atoms with Crippen molar-refractivity contribution in [2.75, 3.05) is 20.3 Å². The van der Waals surface area contributed by atoms with Crippen molar-refractivity contribution >= 4 is 11.8 Å². The van der Waals surface area contributed by atoms with E-state index in [0.29, 0.717) is 19.4 Å². The molecule has 2 aromatic carbocycles. The smallest absolute Gasteiger partial charge is 0.212 e. The van der Waals surface area contributed by atoms with Crippen LogP contribution >= 0.6 is 0 Å². The maximum atomic E-state index is 13.2. The number of benzene rings is 2. The Bertz CT molecular complexity index is 1210. The van der Waals surface area contributed by atoms with Gasteiger partial charge in [-0.3, -0.25) is 10.3 Å². The molecule has 0 saturated carbocycles. The number of aliphatic hydroxyl groups excluding tert-OH is 1. The number of aliphatic hydroxyl groups is 1. The summed E-state index contributed by atoms with van der Waals surface area (Å²) in [6.45, 7) is 2.36. The van der Waals surface area contributed by atoms with Gasteiger partial charge in [0.25, 0.3) is 0 Å². The summed E-state index contributed by atoms with van der Waals surface area (Å²) in [7, 11) is 1.67. The second-order valence-electron chi connectivity index (χ2n) is 8.94. The minimum Gasteiger partial charge on any atom is -0.496 e. The molecule has 188 valence electrons. The highest BCUT2D eigenvalue weighted by molar-refractivity contribution is 6.01. The van der Waals surface area contributed by atoms with E-state index >= 15 is 0 Å². The molecule has 0 radical (unpaired) electrons. The second-order valence-corrected chi connectivity index (χ2v) is 8.94. The zero-order valence-corrected chi connectivity index (χ0v) is 20.7. The number of oxime groups is 1. The fourth-order valence-corrected chi connectivity index (χ4v) is 4.26. The van der Waals surface area contributed by atoms with Crippen LogP contribution in [-0.4, -0.2) is 41.8 Å². The van der Waals surface area contributed by atoms with E-state index in [1.165, 1.54) is 12.1 Å². The van der Waals surface area contributed by atoms with E-state index in [-0.39, 0.29) is 12.4 Å². The van der Waals surface area contributed by atoms with Crippen molar-refractivity contribution in [1.29, 1.82) is 0 Å². The molecule has 0 bridgehead atoms. The third-order valence-corrected chi connectivity index (χ3v) is 6.44. The molecule has 0 amide bonds. The van der Waals surface area contributed by atoms with Crippen LogP contribution in [0.3, 0.4) is 0 Å². The molecule has 4 rings (SSSR count). The third-order valence-electron chi connectivity index (χ3n) is 6.44. The highest BCUT2D eigenvalue weighted by atomic mass is 19.1. The molecule has 2 N–H and O–H groups in total. The predicted molar refractivity (Wildman–Crippen MR) is 140 cm³/mol. The number of aromatic nitrogens is 1. The Balaban J connectivity index is 1.53. The molecular formula is C29H32FN3O3. The zero-order chi connectivity index (χ0) is 25.4. The minimum atomic E-state index is -0.999. The molecule has 2 heterocycles. The molecule has 0 spiro atoms. The first-order chi connectivity index (χ1) is 17.5. The van der Waals surface area contributed by atoms with Crippen molar-refractivity contribution in [2.24, 2.45) is 5.16 Å². The Hall–Kier alpha value is -3.55. The Morgan fingerprint density at radius 2 is 1.92 bits per heavy atom. The van der Waals surface area contributed by atoms with Crippen molar-refractivity contribution in [2.45, 2.75) is 38.3 Å². The molecular weight excluding hydrogens is 457 g/mol. The number of ether oxygens (including phenoxy) is 1. The van der Waals surface area contributed by atoms with E-state index in [2.05, 4.69) is 27.6 Å². The molecule has 0 saturated heterocycles. The Labute approximate surface area is 211 Å². The molecule has 7 heteroatoms. The van der Waals surface area contributed by atoms with Crippen LogP contribution in [0.5, 0.6) is 5.75 Å². The van der Waals surface area contributed by atoms with Crippen molar-refractivity contribution in [1.82, 2.24) is 10.3 Å². The minimum absolute atomic E-state index is 0.225. The van der Waals surface area contributed by atoms with Gasteiger partial charge in [0.1, 0.15) is 11.6 Å². The monoisotopic (exact) mass is 489 g/mol. The van der Waals surface area contributed by atoms with Gasteiger partial charge >= 0.3 is 0 Å². The second kappa shape index (κ2) is 11.9. The highest BCUT2D eigenvalue weighted by Crippen LogP contribution is 2.31. The maximum absolute atomic E-state index is 13.2. The first-order valence-corrected chi connectivity index (χ1v) is 12.1. The number of nitrogens with zero attached hydrogens (tertiary/aromatic N) is 2. The highest BCUT2D eigenvalue weighted by Gasteiger charge is 2.32. The average molecular weight is 490 g/mol. The lowest BCUT2D eigenvalue weighted by atomic mass is 9.99. The lowest BCUT2D eigenvalue weighted by Gasteiger charge is -2.30. The molecule has 6 nitrogen and oxygen atoms in total. The van der Waals surface area contributed by atoms with Crippen LogP contribution in [0.2, 0.25) is 0 Å². The van der Waals surface area contributed by atoms with Crippen molar-refractivity contribution in [3.63, 3.8) is 0 Å². The summed E-state index contributed by atoms with van der Waals surface area (Å²) in [4.78, 5) is 10.0. The molecule has 1 aliphatic heterocycles. The van der Waals surface area contributed by atoms with Crippen LogP contribution in [0.25, 0.3) is 17.2 Å². The van der Waals surface area contributed by atoms with E-state index in [0.717, 1.165) is 52.1 Å². The van der Waals surface area contributed by atoms with E-state index in [1.807, 2.05) is 31.2 Å².